The Morgan fingerprint density at radius 1 is 1.32 bits per heavy atom. The van der Waals surface area contributed by atoms with Gasteiger partial charge >= 0.3 is 0 Å². The minimum Gasteiger partial charge on any atom is -0.432 e. The molecule has 1 N–H and O–H groups in total. The summed E-state index contributed by atoms with van der Waals surface area (Å²) in [6.45, 7) is 9.42. The lowest BCUT2D eigenvalue weighted by molar-refractivity contribution is 0.243. The van der Waals surface area contributed by atoms with Crippen molar-refractivity contribution in [2.45, 2.75) is 45.3 Å². The second kappa shape index (κ2) is 5.51. The fourth-order valence-corrected chi connectivity index (χ4v) is 2.55. The van der Waals surface area contributed by atoms with Gasteiger partial charge in [-0.15, -0.1) is 0 Å². The van der Waals surface area contributed by atoms with Crippen LogP contribution in [0.3, 0.4) is 0 Å². The molecule has 2 fully saturated rings. The Bertz CT molecular complexity index is 405. The van der Waals surface area contributed by atoms with E-state index in [9.17, 15) is 0 Å². The number of anilines is 1. The second-order valence-corrected chi connectivity index (χ2v) is 5.91. The van der Waals surface area contributed by atoms with Crippen molar-refractivity contribution < 1.29 is 4.42 Å². The van der Waals surface area contributed by atoms with Crippen LogP contribution in [0.15, 0.2) is 10.7 Å². The summed E-state index contributed by atoms with van der Waals surface area (Å²) in [4.78, 5) is 9.43. The molecule has 5 nitrogen and oxygen atoms in total. The highest BCUT2D eigenvalue weighted by Crippen LogP contribution is 2.28. The van der Waals surface area contributed by atoms with Crippen molar-refractivity contribution in [1.29, 1.82) is 0 Å². The van der Waals surface area contributed by atoms with Crippen LogP contribution in [-0.2, 0) is 6.54 Å². The molecule has 0 bridgehead atoms. The molecule has 0 amide bonds. The summed E-state index contributed by atoms with van der Waals surface area (Å²) < 4.78 is 5.60. The van der Waals surface area contributed by atoms with Crippen LogP contribution >= 0.6 is 0 Å². The van der Waals surface area contributed by atoms with Crippen molar-refractivity contribution in [2.24, 2.45) is 0 Å². The van der Waals surface area contributed by atoms with Crippen LogP contribution in [0.25, 0.3) is 0 Å². The molecule has 106 valence electrons. The molecular weight excluding hydrogens is 240 g/mol. The number of nitrogens with one attached hydrogen (secondary N) is 1. The van der Waals surface area contributed by atoms with E-state index in [4.69, 9.17) is 4.42 Å². The fourth-order valence-electron chi connectivity index (χ4n) is 2.55. The first kappa shape index (κ1) is 12.9. The van der Waals surface area contributed by atoms with Crippen LogP contribution in [0, 0.1) is 0 Å². The zero-order valence-electron chi connectivity index (χ0n) is 11.9. The van der Waals surface area contributed by atoms with E-state index in [-0.39, 0.29) is 0 Å². The van der Waals surface area contributed by atoms with Crippen molar-refractivity contribution in [3.8, 4) is 0 Å². The zero-order valence-corrected chi connectivity index (χ0v) is 11.9. The Labute approximate surface area is 115 Å². The summed E-state index contributed by atoms with van der Waals surface area (Å²) >= 11 is 0. The van der Waals surface area contributed by atoms with E-state index in [2.05, 4.69) is 33.9 Å². The van der Waals surface area contributed by atoms with Crippen LogP contribution in [0.2, 0.25) is 0 Å². The number of nitrogens with zero attached hydrogens (tertiary/aromatic N) is 3. The van der Waals surface area contributed by atoms with Gasteiger partial charge in [0.2, 0.25) is 0 Å². The molecule has 19 heavy (non-hydrogen) atoms. The Morgan fingerprint density at radius 3 is 2.68 bits per heavy atom. The number of hydrogen-bond donors (Lipinski definition) is 1. The average Bonchev–Trinajstić information content (AvgIpc) is 3.15. The molecule has 5 heteroatoms. The van der Waals surface area contributed by atoms with E-state index in [1.54, 1.807) is 6.26 Å². The van der Waals surface area contributed by atoms with Gasteiger partial charge in [0, 0.05) is 44.8 Å². The Hall–Kier alpha value is -1.07. The largest absolute Gasteiger partial charge is 0.432 e. The molecular formula is C14H24N4O. The van der Waals surface area contributed by atoms with Gasteiger partial charge in [-0.2, -0.15) is 4.98 Å². The standard InChI is InChI=1S/C14H24N4O/c1-11(2)15-9-12-10-19-14(16-12)18-7-5-17(6-8-18)13-3-4-13/h10-11,13,15H,3-9H2,1-2H3. The third kappa shape index (κ3) is 3.28. The van der Waals surface area contributed by atoms with E-state index < -0.39 is 0 Å². The van der Waals surface area contributed by atoms with E-state index in [1.165, 1.54) is 12.8 Å². The first-order valence-corrected chi connectivity index (χ1v) is 7.39. The van der Waals surface area contributed by atoms with Crippen molar-refractivity contribution >= 4 is 6.01 Å². The lowest BCUT2D eigenvalue weighted by Crippen LogP contribution is -2.47. The molecule has 0 radical (unpaired) electrons. The predicted molar refractivity (Wildman–Crippen MR) is 75.3 cm³/mol. The molecule has 1 saturated carbocycles. The molecule has 1 aliphatic heterocycles. The van der Waals surface area contributed by atoms with Gasteiger partial charge in [0.1, 0.15) is 6.26 Å². The molecule has 1 aliphatic carbocycles. The van der Waals surface area contributed by atoms with E-state index in [0.717, 1.165) is 50.5 Å². The number of aromatic nitrogens is 1. The fraction of sp³-hybridized carbons (Fsp3) is 0.786. The predicted octanol–water partition coefficient (Wildman–Crippen LogP) is 1.46. The Morgan fingerprint density at radius 2 is 2.05 bits per heavy atom. The minimum absolute atomic E-state index is 0.474. The van der Waals surface area contributed by atoms with Crippen LogP contribution in [0.5, 0.6) is 0 Å². The lowest BCUT2D eigenvalue weighted by atomic mass is 10.3. The van der Waals surface area contributed by atoms with Crippen molar-refractivity contribution in [3.05, 3.63) is 12.0 Å². The van der Waals surface area contributed by atoms with Crippen molar-refractivity contribution in [2.75, 3.05) is 31.1 Å². The quantitative estimate of drug-likeness (QED) is 0.872. The van der Waals surface area contributed by atoms with Crippen LogP contribution < -0.4 is 10.2 Å². The maximum atomic E-state index is 5.60. The zero-order chi connectivity index (χ0) is 13.2. The summed E-state index contributed by atoms with van der Waals surface area (Å²) in [5.74, 6) is 0. The van der Waals surface area contributed by atoms with Gasteiger partial charge in [0.15, 0.2) is 0 Å². The molecule has 0 spiro atoms. The summed E-state index contributed by atoms with van der Waals surface area (Å²) in [5.41, 5.74) is 0.994. The molecule has 0 unspecified atom stereocenters. The topological polar surface area (TPSA) is 44.5 Å². The monoisotopic (exact) mass is 264 g/mol. The summed E-state index contributed by atoms with van der Waals surface area (Å²) in [7, 11) is 0. The average molecular weight is 264 g/mol. The van der Waals surface area contributed by atoms with Crippen LogP contribution in [-0.4, -0.2) is 48.1 Å². The van der Waals surface area contributed by atoms with Gasteiger partial charge < -0.3 is 14.6 Å². The van der Waals surface area contributed by atoms with Crippen molar-refractivity contribution in [3.63, 3.8) is 0 Å². The first-order chi connectivity index (χ1) is 9.22. The maximum absolute atomic E-state index is 5.60. The second-order valence-electron chi connectivity index (χ2n) is 5.91. The number of hydrogen-bond acceptors (Lipinski definition) is 5. The van der Waals surface area contributed by atoms with Gasteiger partial charge in [-0.1, -0.05) is 13.8 Å². The third-order valence-corrected chi connectivity index (χ3v) is 3.88. The van der Waals surface area contributed by atoms with E-state index >= 15 is 0 Å². The summed E-state index contributed by atoms with van der Waals surface area (Å²) in [6, 6.07) is 2.13. The molecule has 0 aromatic carbocycles. The normalized spacial score (nSPS) is 21.3. The molecule has 0 atom stereocenters. The lowest BCUT2D eigenvalue weighted by Gasteiger charge is -2.33. The molecule has 1 aromatic heterocycles. The minimum atomic E-state index is 0.474. The van der Waals surface area contributed by atoms with Gasteiger partial charge in [-0.25, -0.2) is 0 Å². The first-order valence-electron chi connectivity index (χ1n) is 7.39. The van der Waals surface area contributed by atoms with Crippen molar-refractivity contribution in [1.82, 2.24) is 15.2 Å². The third-order valence-electron chi connectivity index (χ3n) is 3.88. The summed E-state index contributed by atoms with van der Waals surface area (Å²) in [6.07, 6.45) is 4.56. The van der Waals surface area contributed by atoms with E-state index in [1.807, 2.05) is 0 Å². The van der Waals surface area contributed by atoms with E-state index in [0.29, 0.717) is 6.04 Å². The van der Waals surface area contributed by atoms with Gasteiger partial charge in [0.25, 0.3) is 6.01 Å². The molecule has 1 aromatic rings. The number of rotatable bonds is 5. The summed E-state index contributed by atoms with van der Waals surface area (Å²) in [5, 5.41) is 3.36. The number of piperazine rings is 1. The maximum Gasteiger partial charge on any atom is 0.297 e. The Balaban J connectivity index is 1.51. The number of oxazole rings is 1. The SMILES string of the molecule is CC(C)NCc1coc(N2CCN(C3CC3)CC2)n1. The smallest absolute Gasteiger partial charge is 0.297 e. The highest BCUT2D eigenvalue weighted by molar-refractivity contribution is 5.28. The molecule has 2 aliphatic rings. The molecule has 1 saturated heterocycles. The van der Waals surface area contributed by atoms with Gasteiger partial charge in [-0.05, 0) is 12.8 Å². The van der Waals surface area contributed by atoms with Crippen LogP contribution in [0.1, 0.15) is 32.4 Å². The van der Waals surface area contributed by atoms with Gasteiger partial charge in [0.05, 0.1) is 5.69 Å². The van der Waals surface area contributed by atoms with Crippen LogP contribution in [0.4, 0.5) is 6.01 Å². The Kier molecular flexibility index (Phi) is 3.75. The molecule has 3 rings (SSSR count). The highest BCUT2D eigenvalue weighted by Gasteiger charge is 2.31. The molecule has 2 heterocycles. The highest BCUT2D eigenvalue weighted by atomic mass is 16.4. The van der Waals surface area contributed by atoms with Gasteiger partial charge in [-0.3, -0.25) is 4.90 Å².